The lowest BCUT2D eigenvalue weighted by molar-refractivity contribution is 1.08. The minimum atomic E-state index is 0.110. The van der Waals surface area contributed by atoms with Gasteiger partial charge in [0.15, 0.2) is 5.82 Å². The molecule has 2 aromatic carbocycles. The number of hydrogen-bond donors (Lipinski definition) is 3. The first kappa shape index (κ1) is 16.3. The van der Waals surface area contributed by atoms with E-state index in [4.69, 9.17) is 28.9 Å². The van der Waals surface area contributed by atoms with Gasteiger partial charge in [-0.15, -0.1) is 0 Å². The van der Waals surface area contributed by atoms with Crippen molar-refractivity contribution in [3.8, 4) is 11.4 Å². The summed E-state index contributed by atoms with van der Waals surface area (Å²) in [6.07, 6.45) is 0. The molecular formula is C16H14Cl2N6. The summed E-state index contributed by atoms with van der Waals surface area (Å²) in [4.78, 5) is 12.7. The van der Waals surface area contributed by atoms with Gasteiger partial charge in [0.2, 0.25) is 11.9 Å². The van der Waals surface area contributed by atoms with Crippen LogP contribution in [0.2, 0.25) is 10.0 Å². The lowest BCUT2D eigenvalue weighted by Gasteiger charge is -2.11. The fraction of sp³-hybridized carbons (Fsp3) is 0.0625. The van der Waals surface area contributed by atoms with Gasteiger partial charge in [-0.25, -0.2) is 0 Å². The predicted molar refractivity (Wildman–Crippen MR) is 99.0 cm³/mol. The van der Waals surface area contributed by atoms with E-state index >= 15 is 0 Å². The smallest absolute Gasteiger partial charge is 0.232 e. The number of anilines is 4. The number of nitrogens with one attached hydrogen (secondary N) is 2. The van der Waals surface area contributed by atoms with Crippen molar-refractivity contribution in [3.05, 3.63) is 52.5 Å². The molecule has 0 aliphatic rings. The molecule has 122 valence electrons. The van der Waals surface area contributed by atoms with Gasteiger partial charge in [-0.05, 0) is 42.5 Å². The minimum absolute atomic E-state index is 0.110. The molecule has 0 radical (unpaired) electrons. The number of benzene rings is 2. The Bertz CT molecular complexity index is 867. The van der Waals surface area contributed by atoms with Crippen LogP contribution in [0, 0.1) is 0 Å². The molecule has 0 saturated carbocycles. The van der Waals surface area contributed by atoms with Crippen LogP contribution in [0.25, 0.3) is 11.4 Å². The van der Waals surface area contributed by atoms with E-state index in [9.17, 15) is 0 Å². The van der Waals surface area contributed by atoms with Crippen LogP contribution in [0.1, 0.15) is 0 Å². The van der Waals surface area contributed by atoms with Crippen molar-refractivity contribution in [2.75, 3.05) is 23.4 Å². The summed E-state index contributed by atoms with van der Waals surface area (Å²) in [5.41, 5.74) is 8.19. The second-order valence-corrected chi connectivity index (χ2v) is 5.79. The van der Waals surface area contributed by atoms with Gasteiger partial charge in [0.25, 0.3) is 0 Å². The molecule has 0 saturated heterocycles. The van der Waals surface area contributed by atoms with Crippen LogP contribution < -0.4 is 16.4 Å². The van der Waals surface area contributed by atoms with Crippen molar-refractivity contribution in [2.24, 2.45) is 0 Å². The highest BCUT2D eigenvalue weighted by molar-refractivity contribution is 6.31. The number of aromatic nitrogens is 3. The third-order valence-electron chi connectivity index (χ3n) is 3.24. The Morgan fingerprint density at radius 1 is 0.917 bits per heavy atom. The third-order valence-corrected chi connectivity index (χ3v) is 3.73. The summed E-state index contributed by atoms with van der Waals surface area (Å²) in [6, 6.07) is 12.6. The first-order valence-corrected chi connectivity index (χ1v) is 7.82. The third kappa shape index (κ3) is 3.67. The molecule has 1 heterocycles. The van der Waals surface area contributed by atoms with Gasteiger partial charge in [0.05, 0.1) is 0 Å². The Kier molecular flexibility index (Phi) is 4.69. The number of nitrogen functional groups attached to an aromatic ring is 1. The summed E-state index contributed by atoms with van der Waals surface area (Å²) < 4.78 is 0. The Morgan fingerprint density at radius 3 is 2.33 bits per heavy atom. The summed E-state index contributed by atoms with van der Waals surface area (Å²) in [5, 5.41) is 7.39. The molecule has 4 N–H and O–H groups in total. The standard InChI is InChI=1S/C16H14Cl2N6/c1-20-13-7-4-10(18)8-12(13)14-22-15(19)24-16(23-14)21-11-5-2-9(17)3-6-11/h2-8,20H,1H3,(H3,19,21,22,23,24). The maximum Gasteiger partial charge on any atom is 0.232 e. The normalized spacial score (nSPS) is 10.5. The Balaban J connectivity index is 2.00. The highest BCUT2D eigenvalue weighted by Crippen LogP contribution is 2.29. The molecule has 3 aromatic rings. The van der Waals surface area contributed by atoms with Gasteiger partial charge >= 0.3 is 0 Å². The van der Waals surface area contributed by atoms with Crippen LogP contribution in [0.4, 0.5) is 23.3 Å². The molecule has 0 atom stereocenters. The topological polar surface area (TPSA) is 88.8 Å². The van der Waals surface area contributed by atoms with Crippen molar-refractivity contribution in [2.45, 2.75) is 0 Å². The van der Waals surface area contributed by atoms with E-state index < -0.39 is 0 Å². The summed E-state index contributed by atoms with van der Waals surface area (Å²) >= 11 is 12.0. The molecule has 6 nitrogen and oxygen atoms in total. The molecule has 8 heteroatoms. The highest BCUT2D eigenvalue weighted by atomic mass is 35.5. The van der Waals surface area contributed by atoms with Gasteiger partial charge in [-0.3, -0.25) is 0 Å². The van der Waals surface area contributed by atoms with E-state index in [-0.39, 0.29) is 5.95 Å². The quantitative estimate of drug-likeness (QED) is 0.645. The number of hydrogen-bond acceptors (Lipinski definition) is 6. The van der Waals surface area contributed by atoms with Crippen LogP contribution in [-0.2, 0) is 0 Å². The van der Waals surface area contributed by atoms with Gasteiger partial charge in [0, 0.05) is 34.0 Å². The molecule has 24 heavy (non-hydrogen) atoms. The predicted octanol–water partition coefficient (Wildman–Crippen LogP) is 4.21. The Labute approximate surface area is 149 Å². The van der Waals surface area contributed by atoms with Crippen molar-refractivity contribution in [1.29, 1.82) is 0 Å². The second kappa shape index (κ2) is 6.90. The van der Waals surface area contributed by atoms with Crippen LogP contribution >= 0.6 is 23.2 Å². The van der Waals surface area contributed by atoms with Gasteiger partial charge in [-0.1, -0.05) is 23.2 Å². The fourth-order valence-corrected chi connectivity index (χ4v) is 2.45. The first-order chi connectivity index (χ1) is 11.5. The molecule has 0 unspecified atom stereocenters. The van der Waals surface area contributed by atoms with Crippen molar-refractivity contribution in [1.82, 2.24) is 15.0 Å². The van der Waals surface area contributed by atoms with Gasteiger partial charge < -0.3 is 16.4 Å². The van der Waals surface area contributed by atoms with Crippen LogP contribution in [0.15, 0.2) is 42.5 Å². The summed E-state index contributed by atoms with van der Waals surface area (Å²) in [7, 11) is 1.81. The van der Waals surface area contributed by atoms with Crippen molar-refractivity contribution in [3.63, 3.8) is 0 Å². The summed E-state index contributed by atoms with van der Waals surface area (Å²) in [5.74, 6) is 0.867. The zero-order valence-electron chi connectivity index (χ0n) is 12.7. The first-order valence-electron chi connectivity index (χ1n) is 7.07. The number of nitrogens with two attached hydrogens (primary N) is 1. The molecule has 0 amide bonds. The van der Waals surface area contributed by atoms with Crippen LogP contribution in [-0.4, -0.2) is 22.0 Å². The fourth-order valence-electron chi connectivity index (χ4n) is 2.15. The summed E-state index contributed by atoms with van der Waals surface area (Å²) in [6.45, 7) is 0. The Morgan fingerprint density at radius 2 is 1.62 bits per heavy atom. The van der Waals surface area contributed by atoms with E-state index in [0.717, 1.165) is 16.9 Å². The average Bonchev–Trinajstić information content (AvgIpc) is 2.56. The number of nitrogens with zero attached hydrogens (tertiary/aromatic N) is 3. The second-order valence-electron chi connectivity index (χ2n) is 4.91. The maximum absolute atomic E-state index is 6.09. The van der Waals surface area contributed by atoms with Gasteiger partial charge in [-0.2, -0.15) is 15.0 Å². The zero-order chi connectivity index (χ0) is 17.1. The van der Waals surface area contributed by atoms with Crippen LogP contribution in [0.3, 0.4) is 0 Å². The molecule has 0 fully saturated rings. The van der Waals surface area contributed by atoms with E-state index in [2.05, 4.69) is 25.6 Å². The molecule has 0 aliphatic heterocycles. The van der Waals surface area contributed by atoms with Crippen molar-refractivity contribution >= 4 is 46.5 Å². The molecule has 1 aromatic heterocycles. The van der Waals surface area contributed by atoms with Gasteiger partial charge in [0.1, 0.15) is 0 Å². The molecule has 0 aliphatic carbocycles. The number of rotatable bonds is 4. The lowest BCUT2D eigenvalue weighted by atomic mass is 10.1. The maximum atomic E-state index is 6.09. The lowest BCUT2D eigenvalue weighted by Crippen LogP contribution is -2.06. The monoisotopic (exact) mass is 360 g/mol. The molecule has 0 spiro atoms. The zero-order valence-corrected chi connectivity index (χ0v) is 14.2. The Hall–Kier alpha value is -2.57. The van der Waals surface area contributed by atoms with Crippen molar-refractivity contribution < 1.29 is 0 Å². The van der Waals surface area contributed by atoms with E-state index in [1.165, 1.54) is 0 Å². The van der Waals surface area contributed by atoms with E-state index in [1.54, 1.807) is 24.3 Å². The largest absolute Gasteiger partial charge is 0.388 e. The molecule has 0 bridgehead atoms. The highest BCUT2D eigenvalue weighted by Gasteiger charge is 2.12. The van der Waals surface area contributed by atoms with E-state index in [1.807, 2.05) is 25.2 Å². The minimum Gasteiger partial charge on any atom is -0.388 e. The van der Waals surface area contributed by atoms with Crippen LogP contribution in [0.5, 0.6) is 0 Å². The molecule has 3 rings (SSSR count). The van der Waals surface area contributed by atoms with E-state index in [0.29, 0.717) is 21.8 Å². The average molecular weight is 361 g/mol. The number of halogens is 2. The molecular weight excluding hydrogens is 347 g/mol. The SMILES string of the molecule is CNc1ccc(Cl)cc1-c1nc(N)nc(Nc2ccc(Cl)cc2)n1.